The number of hydrogen-bond donors (Lipinski definition) is 2. The van der Waals surface area contributed by atoms with Crippen LogP contribution in [0, 0.1) is 10.6 Å². The van der Waals surface area contributed by atoms with Gasteiger partial charge in [-0.05, 0) is 62.4 Å². The Balaban J connectivity index is 1.81. The maximum atomic E-state index is 13.1. The quantitative estimate of drug-likeness (QED) is 0.622. The molecule has 8 heteroatoms. The van der Waals surface area contributed by atoms with Crippen molar-refractivity contribution in [3.8, 4) is 11.6 Å². The molecule has 6 nitrogen and oxygen atoms in total. The zero-order valence-electron chi connectivity index (χ0n) is 14.3. The van der Waals surface area contributed by atoms with Crippen molar-refractivity contribution in [1.29, 1.82) is 0 Å². The Bertz CT molecular complexity index is 899. The molecule has 138 valence electrons. The molecule has 0 amide bonds. The molecule has 0 radical (unpaired) electrons. The average Bonchev–Trinajstić information content (AvgIpc) is 2.63. The van der Waals surface area contributed by atoms with Crippen molar-refractivity contribution < 1.29 is 9.50 Å². The SMILES string of the molecule is O=c1[nH]c(=S)n(-c2ccc(F)cc2)c(O)c1C=NCCN1CCCCC1. The van der Waals surface area contributed by atoms with E-state index in [-0.39, 0.29) is 16.2 Å². The average molecular weight is 376 g/mol. The summed E-state index contributed by atoms with van der Waals surface area (Å²) in [5, 5.41) is 10.5. The minimum Gasteiger partial charge on any atom is -0.494 e. The monoisotopic (exact) mass is 376 g/mol. The largest absolute Gasteiger partial charge is 0.494 e. The molecule has 2 heterocycles. The standard InChI is InChI=1S/C18H21FN4O2S/c19-13-4-6-14(7-5-13)23-17(25)15(16(24)21-18(23)26)12-20-8-11-22-9-2-1-3-10-22/h4-7,12,25H,1-3,8-11H2,(H,21,24,26). The molecule has 0 bridgehead atoms. The van der Waals surface area contributed by atoms with Gasteiger partial charge in [-0.15, -0.1) is 0 Å². The van der Waals surface area contributed by atoms with Crippen LogP contribution < -0.4 is 5.56 Å². The predicted octanol–water partition coefficient (Wildman–Crippen LogP) is 2.64. The second-order valence-electron chi connectivity index (χ2n) is 6.25. The molecule has 0 saturated carbocycles. The molecule has 1 saturated heterocycles. The van der Waals surface area contributed by atoms with E-state index < -0.39 is 11.4 Å². The first-order chi connectivity index (χ1) is 12.6. The van der Waals surface area contributed by atoms with Gasteiger partial charge in [0.25, 0.3) is 5.56 Å². The van der Waals surface area contributed by atoms with Gasteiger partial charge in [-0.1, -0.05) is 6.42 Å². The van der Waals surface area contributed by atoms with Gasteiger partial charge in [0.2, 0.25) is 5.88 Å². The summed E-state index contributed by atoms with van der Waals surface area (Å²) in [4.78, 5) is 21.3. The van der Waals surface area contributed by atoms with Crippen LogP contribution >= 0.6 is 12.2 Å². The molecule has 3 rings (SSSR count). The van der Waals surface area contributed by atoms with Gasteiger partial charge in [0.1, 0.15) is 11.4 Å². The summed E-state index contributed by atoms with van der Waals surface area (Å²) in [7, 11) is 0. The molecule has 2 aromatic rings. The van der Waals surface area contributed by atoms with E-state index in [9.17, 15) is 14.3 Å². The number of nitrogens with zero attached hydrogens (tertiary/aromatic N) is 3. The van der Waals surface area contributed by atoms with Crippen LogP contribution in [0.1, 0.15) is 24.8 Å². The molecule has 0 aliphatic carbocycles. The third kappa shape index (κ3) is 4.25. The third-order valence-corrected chi connectivity index (χ3v) is 4.70. The summed E-state index contributed by atoms with van der Waals surface area (Å²) < 4.78 is 14.4. The number of benzene rings is 1. The molecular weight excluding hydrogens is 355 g/mol. The molecule has 1 aliphatic rings. The molecule has 1 aromatic heterocycles. The van der Waals surface area contributed by atoms with Gasteiger partial charge in [-0.2, -0.15) is 0 Å². The lowest BCUT2D eigenvalue weighted by atomic mass is 10.1. The molecule has 2 N–H and O–H groups in total. The lowest BCUT2D eigenvalue weighted by Gasteiger charge is -2.25. The van der Waals surface area contributed by atoms with Gasteiger partial charge in [-0.3, -0.25) is 19.3 Å². The lowest BCUT2D eigenvalue weighted by molar-refractivity contribution is 0.235. The number of H-pyrrole nitrogens is 1. The zero-order chi connectivity index (χ0) is 18.5. The fourth-order valence-electron chi connectivity index (χ4n) is 3.02. The lowest BCUT2D eigenvalue weighted by Crippen LogP contribution is -2.31. The zero-order valence-corrected chi connectivity index (χ0v) is 15.1. The van der Waals surface area contributed by atoms with Crippen molar-refractivity contribution in [3.05, 3.63) is 50.8 Å². The van der Waals surface area contributed by atoms with Gasteiger partial charge < -0.3 is 10.0 Å². The van der Waals surface area contributed by atoms with Crippen molar-refractivity contribution >= 4 is 18.4 Å². The number of aromatic amines is 1. The number of hydrogen-bond acceptors (Lipinski definition) is 5. The summed E-state index contributed by atoms with van der Waals surface area (Å²) in [6, 6.07) is 5.46. The first-order valence-electron chi connectivity index (χ1n) is 8.62. The molecule has 26 heavy (non-hydrogen) atoms. The fourth-order valence-corrected chi connectivity index (χ4v) is 3.31. The van der Waals surface area contributed by atoms with E-state index in [2.05, 4.69) is 14.9 Å². The van der Waals surface area contributed by atoms with E-state index in [0.29, 0.717) is 12.2 Å². The predicted molar refractivity (Wildman–Crippen MR) is 102 cm³/mol. The van der Waals surface area contributed by atoms with E-state index in [1.807, 2.05) is 0 Å². The highest BCUT2D eigenvalue weighted by Crippen LogP contribution is 2.19. The summed E-state index contributed by atoms with van der Waals surface area (Å²) in [6.45, 7) is 3.53. The number of rotatable bonds is 5. The Labute approximate surface area is 155 Å². The van der Waals surface area contributed by atoms with Crippen molar-refractivity contribution in [2.24, 2.45) is 4.99 Å². The Morgan fingerprint density at radius 2 is 1.92 bits per heavy atom. The Morgan fingerprint density at radius 3 is 2.62 bits per heavy atom. The van der Waals surface area contributed by atoms with E-state index in [4.69, 9.17) is 12.2 Å². The highest BCUT2D eigenvalue weighted by atomic mass is 32.1. The number of halogens is 1. The van der Waals surface area contributed by atoms with Gasteiger partial charge >= 0.3 is 0 Å². The summed E-state index contributed by atoms with van der Waals surface area (Å²) in [5.74, 6) is -0.712. The minimum absolute atomic E-state index is 0.0292. The van der Waals surface area contributed by atoms with Crippen molar-refractivity contribution in [3.63, 3.8) is 0 Å². The van der Waals surface area contributed by atoms with Crippen molar-refractivity contribution in [2.45, 2.75) is 19.3 Å². The molecule has 0 atom stereocenters. The first kappa shape index (κ1) is 18.5. The van der Waals surface area contributed by atoms with E-state index in [1.54, 1.807) is 0 Å². The van der Waals surface area contributed by atoms with Crippen LogP contribution in [0.3, 0.4) is 0 Å². The number of piperidine rings is 1. The second-order valence-corrected chi connectivity index (χ2v) is 6.63. The molecule has 1 fully saturated rings. The van der Waals surface area contributed by atoms with Gasteiger partial charge in [0, 0.05) is 12.8 Å². The van der Waals surface area contributed by atoms with E-state index >= 15 is 0 Å². The van der Waals surface area contributed by atoms with Crippen molar-refractivity contribution in [1.82, 2.24) is 14.5 Å². The Kier molecular flexibility index (Phi) is 5.95. The fraction of sp³-hybridized carbons (Fsp3) is 0.389. The smallest absolute Gasteiger partial charge is 0.264 e. The number of aromatic hydroxyl groups is 1. The number of aromatic nitrogens is 2. The number of aliphatic imine (C=N–C) groups is 1. The van der Waals surface area contributed by atoms with Crippen LogP contribution in [-0.2, 0) is 0 Å². The summed E-state index contributed by atoms with van der Waals surface area (Å²) in [5.41, 5.74) is -0.0257. The van der Waals surface area contributed by atoms with Crippen LogP contribution in [0.15, 0.2) is 34.1 Å². The van der Waals surface area contributed by atoms with Crippen LogP contribution in [0.25, 0.3) is 5.69 Å². The number of likely N-dealkylation sites (tertiary alicyclic amines) is 1. The molecule has 0 spiro atoms. The minimum atomic E-state index is -0.507. The summed E-state index contributed by atoms with van der Waals surface area (Å²) >= 11 is 5.12. The maximum Gasteiger partial charge on any atom is 0.264 e. The van der Waals surface area contributed by atoms with Gasteiger partial charge in [-0.25, -0.2) is 4.39 Å². The highest BCUT2D eigenvalue weighted by Gasteiger charge is 2.13. The molecule has 0 unspecified atom stereocenters. The highest BCUT2D eigenvalue weighted by molar-refractivity contribution is 7.71. The topological polar surface area (TPSA) is 73.6 Å². The maximum absolute atomic E-state index is 13.1. The van der Waals surface area contributed by atoms with E-state index in [1.165, 1.54) is 54.3 Å². The van der Waals surface area contributed by atoms with Gasteiger partial charge in [0.15, 0.2) is 4.77 Å². The van der Waals surface area contributed by atoms with Crippen LogP contribution in [0.4, 0.5) is 4.39 Å². The molecule has 1 aromatic carbocycles. The molecule has 1 aliphatic heterocycles. The first-order valence-corrected chi connectivity index (χ1v) is 9.03. The third-order valence-electron chi connectivity index (χ3n) is 4.42. The number of nitrogens with one attached hydrogen (secondary N) is 1. The van der Waals surface area contributed by atoms with Crippen LogP contribution in [0.5, 0.6) is 5.88 Å². The Hall–Kier alpha value is -2.32. The van der Waals surface area contributed by atoms with Gasteiger partial charge in [0.05, 0.1) is 12.2 Å². The molecular formula is C18H21FN4O2S. The van der Waals surface area contributed by atoms with Crippen LogP contribution in [-0.4, -0.2) is 52.0 Å². The normalized spacial score (nSPS) is 15.6. The Morgan fingerprint density at radius 1 is 1.23 bits per heavy atom. The second kappa shape index (κ2) is 8.37. The van der Waals surface area contributed by atoms with Crippen molar-refractivity contribution in [2.75, 3.05) is 26.2 Å². The van der Waals surface area contributed by atoms with Crippen LogP contribution in [0.2, 0.25) is 0 Å². The van der Waals surface area contributed by atoms with E-state index in [0.717, 1.165) is 19.6 Å². The summed E-state index contributed by atoms with van der Waals surface area (Å²) in [6.07, 6.45) is 5.07.